The molecule has 0 radical (unpaired) electrons. The number of amides is 2. The third kappa shape index (κ3) is 4.87. The highest BCUT2D eigenvalue weighted by atomic mass is 16.2. The minimum atomic E-state index is -0.144. The first-order valence-electron chi connectivity index (χ1n) is 11.0. The summed E-state index contributed by atoms with van der Waals surface area (Å²) in [7, 11) is 0. The first-order chi connectivity index (χ1) is 15.4. The summed E-state index contributed by atoms with van der Waals surface area (Å²) in [5.41, 5.74) is 2.00. The number of hydrogen-bond acceptors (Lipinski definition) is 6. The van der Waals surface area contributed by atoms with Gasteiger partial charge in [-0.05, 0) is 45.6 Å². The van der Waals surface area contributed by atoms with Crippen molar-refractivity contribution in [2.45, 2.75) is 64.6 Å². The van der Waals surface area contributed by atoms with E-state index in [0.717, 1.165) is 42.4 Å². The van der Waals surface area contributed by atoms with Gasteiger partial charge in [0, 0.05) is 55.1 Å². The molecule has 9 heteroatoms. The molecule has 1 aliphatic carbocycles. The minimum Gasteiger partial charge on any atom is -0.382 e. The van der Waals surface area contributed by atoms with E-state index in [1.54, 1.807) is 12.4 Å². The first kappa shape index (κ1) is 21.7. The Balaban J connectivity index is 1.53. The average molecular weight is 436 g/mol. The smallest absolute Gasteiger partial charge is 0.255 e. The van der Waals surface area contributed by atoms with Crippen LogP contribution in [0.3, 0.4) is 0 Å². The number of carbonyl (C=O) groups excluding carboxylic acids is 2. The van der Waals surface area contributed by atoms with E-state index in [1.165, 1.54) is 13.3 Å². The molecule has 32 heavy (non-hydrogen) atoms. The second kappa shape index (κ2) is 9.33. The van der Waals surface area contributed by atoms with E-state index in [2.05, 4.69) is 30.9 Å². The number of carbonyl (C=O) groups is 2. The summed E-state index contributed by atoms with van der Waals surface area (Å²) in [4.78, 5) is 37.3. The van der Waals surface area contributed by atoms with E-state index in [1.807, 2.05) is 36.7 Å². The van der Waals surface area contributed by atoms with Crippen LogP contribution in [0.4, 0.5) is 5.69 Å². The molecule has 1 saturated carbocycles. The Morgan fingerprint density at radius 2 is 1.78 bits per heavy atom. The third-order valence-electron chi connectivity index (χ3n) is 5.64. The zero-order valence-corrected chi connectivity index (χ0v) is 18.6. The van der Waals surface area contributed by atoms with Gasteiger partial charge >= 0.3 is 0 Å². The summed E-state index contributed by atoms with van der Waals surface area (Å²) in [6.45, 7) is 5.60. The lowest BCUT2D eigenvalue weighted by molar-refractivity contribution is -0.119. The second-order valence-corrected chi connectivity index (χ2v) is 8.60. The molecule has 1 fully saturated rings. The van der Waals surface area contributed by atoms with Gasteiger partial charge < -0.3 is 16.0 Å². The molecule has 0 bridgehead atoms. The molecule has 0 unspecified atom stereocenters. The van der Waals surface area contributed by atoms with Gasteiger partial charge in [-0.15, -0.1) is 0 Å². The molecule has 9 nitrogen and oxygen atoms in total. The molecule has 0 atom stereocenters. The molecule has 168 valence electrons. The topological polar surface area (TPSA) is 114 Å². The number of anilines is 1. The number of fused-ring (bicyclic) bond motifs is 1. The average Bonchev–Trinajstić information content (AvgIpc) is 3.18. The van der Waals surface area contributed by atoms with E-state index >= 15 is 0 Å². The Morgan fingerprint density at radius 1 is 1.06 bits per heavy atom. The normalized spacial score (nSPS) is 18.5. The molecule has 3 N–H and O–H groups in total. The van der Waals surface area contributed by atoms with Crippen molar-refractivity contribution in [3.8, 4) is 5.82 Å². The van der Waals surface area contributed by atoms with E-state index in [0.29, 0.717) is 11.4 Å². The number of pyridine rings is 1. The summed E-state index contributed by atoms with van der Waals surface area (Å²) in [6, 6.07) is 4.24. The van der Waals surface area contributed by atoms with Crippen LogP contribution in [0.2, 0.25) is 0 Å². The summed E-state index contributed by atoms with van der Waals surface area (Å²) in [5, 5.41) is 10.4. The number of hydrogen-bond donors (Lipinski definition) is 3. The van der Waals surface area contributed by atoms with Crippen LogP contribution in [-0.4, -0.2) is 49.5 Å². The maximum absolute atomic E-state index is 13.1. The van der Waals surface area contributed by atoms with Crippen molar-refractivity contribution >= 4 is 28.5 Å². The number of rotatable bonds is 6. The van der Waals surface area contributed by atoms with Crippen LogP contribution >= 0.6 is 0 Å². The summed E-state index contributed by atoms with van der Waals surface area (Å²) in [6.07, 6.45) is 10.2. The number of nitrogens with zero attached hydrogens (tertiary/aromatic N) is 4. The van der Waals surface area contributed by atoms with Crippen LogP contribution in [-0.2, 0) is 4.79 Å². The van der Waals surface area contributed by atoms with E-state index in [9.17, 15) is 9.59 Å². The molecule has 1 aliphatic rings. The molecule has 3 heterocycles. The lowest BCUT2D eigenvalue weighted by atomic mass is 9.91. The monoisotopic (exact) mass is 435 g/mol. The fraction of sp³-hybridized carbons (Fsp3) is 0.435. The molecule has 0 aliphatic heterocycles. The van der Waals surface area contributed by atoms with Gasteiger partial charge in [0.2, 0.25) is 5.91 Å². The molecule has 4 rings (SSSR count). The lowest BCUT2D eigenvalue weighted by Crippen LogP contribution is -2.43. The zero-order valence-electron chi connectivity index (χ0n) is 18.6. The quantitative estimate of drug-likeness (QED) is 0.549. The van der Waals surface area contributed by atoms with Crippen molar-refractivity contribution in [1.29, 1.82) is 0 Å². The summed E-state index contributed by atoms with van der Waals surface area (Å²) >= 11 is 0. The predicted octanol–water partition coefficient (Wildman–Crippen LogP) is 2.81. The Hall–Kier alpha value is -3.49. The van der Waals surface area contributed by atoms with Gasteiger partial charge in [-0.1, -0.05) is 0 Å². The second-order valence-electron chi connectivity index (χ2n) is 8.60. The minimum absolute atomic E-state index is 0.00464. The zero-order chi connectivity index (χ0) is 22.7. The highest BCUT2D eigenvalue weighted by molar-refractivity contribution is 5.99. The maximum atomic E-state index is 13.1. The summed E-state index contributed by atoms with van der Waals surface area (Å²) in [5.74, 6) is 0.527. The molecule has 0 saturated heterocycles. The largest absolute Gasteiger partial charge is 0.382 e. The summed E-state index contributed by atoms with van der Waals surface area (Å²) < 4.78 is 1.88. The van der Waals surface area contributed by atoms with Crippen molar-refractivity contribution < 1.29 is 9.59 Å². The SMILES string of the molecule is CC(=O)NC1CCC(NC(=O)c2cnc(-n3ccc4cncnc43)cc2NC(C)C)CC1. The molecule has 3 aromatic rings. The van der Waals surface area contributed by atoms with Crippen molar-refractivity contribution in [1.82, 2.24) is 30.2 Å². The number of aromatic nitrogens is 4. The molecular formula is C23H29N7O2. The Morgan fingerprint density at radius 3 is 2.47 bits per heavy atom. The maximum Gasteiger partial charge on any atom is 0.255 e. The highest BCUT2D eigenvalue weighted by Gasteiger charge is 2.24. The Labute approximate surface area is 187 Å². The van der Waals surface area contributed by atoms with Gasteiger partial charge in [-0.25, -0.2) is 15.0 Å². The highest BCUT2D eigenvalue weighted by Crippen LogP contribution is 2.24. The molecule has 3 aromatic heterocycles. The van der Waals surface area contributed by atoms with Gasteiger partial charge in [-0.2, -0.15) is 0 Å². The van der Waals surface area contributed by atoms with Crippen LogP contribution < -0.4 is 16.0 Å². The first-order valence-corrected chi connectivity index (χ1v) is 11.0. The van der Waals surface area contributed by atoms with Crippen molar-refractivity contribution in [3.05, 3.63) is 42.6 Å². The lowest BCUT2D eigenvalue weighted by Gasteiger charge is -2.29. The van der Waals surface area contributed by atoms with Gasteiger partial charge in [0.1, 0.15) is 17.8 Å². The standard InChI is InChI=1S/C23H29N7O2/c1-14(2)27-20-10-21(30-9-8-16-11-24-13-26-22(16)30)25-12-19(20)23(32)29-18-6-4-17(5-7-18)28-15(3)31/h8-14,17-18H,4-7H2,1-3H3,(H,25,27)(H,28,31)(H,29,32). The van der Waals surface area contributed by atoms with Crippen LogP contribution in [0, 0.1) is 0 Å². The third-order valence-corrected chi connectivity index (χ3v) is 5.64. The van der Waals surface area contributed by atoms with E-state index in [4.69, 9.17) is 0 Å². The van der Waals surface area contributed by atoms with Crippen LogP contribution in [0.25, 0.3) is 16.9 Å². The van der Waals surface area contributed by atoms with Crippen LogP contribution in [0.5, 0.6) is 0 Å². The Bertz CT molecular complexity index is 1120. The van der Waals surface area contributed by atoms with Crippen molar-refractivity contribution in [2.24, 2.45) is 0 Å². The van der Waals surface area contributed by atoms with Gasteiger partial charge in [0.05, 0.1) is 11.3 Å². The van der Waals surface area contributed by atoms with Crippen LogP contribution in [0.15, 0.2) is 37.1 Å². The van der Waals surface area contributed by atoms with Gasteiger partial charge in [0.15, 0.2) is 0 Å². The van der Waals surface area contributed by atoms with Gasteiger partial charge in [0.25, 0.3) is 5.91 Å². The van der Waals surface area contributed by atoms with E-state index < -0.39 is 0 Å². The molecule has 2 amide bonds. The fourth-order valence-corrected chi connectivity index (χ4v) is 4.18. The van der Waals surface area contributed by atoms with Crippen LogP contribution in [0.1, 0.15) is 56.8 Å². The Kier molecular flexibility index (Phi) is 6.34. The number of nitrogens with one attached hydrogen (secondary N) is 3. The van der Waals surface area contributed by atoms with Crippen molar-refractivity contribution in [2.75, 3.05) is 5.32 Å². The van der Waals surface area contributed by atoms with Gasteiger partial charge in [-0.3, -0.25) is 14.2 Å². The van der Waals surface area contributed by atoms with Crippen molar-refractivity contribution in [3.63, 3.8) is 0 Å². The molecule has 0 aromatic carbocycles. The fourth-order valence-electron chi connectivity index (χ4n) is 4.18. The molecular weight excluding hydrogens is 406 g/mol. The predicted molar refractivity (Wildman–Crippen MR) is 123 cm³/mol. The van der Waals surface area contributed by atoms with E-state index in [-0.39, 0.29) is 29.9 Å². The molecule has 0 spiro atoms.